The summed E-state index contributed by atoms with van der Waals surface area (Å²) >= 11 is 6.39. The topological polar surface area (TPSA) is 75.6 Å². The molecule has 1 aliphatic rings. The van der Waals surface area contributed by atoms with Gasteiger partial charge in [-0.05, 0) is 40.9 Å². The van der Waals surface area contributed by atoms with Gasteiger partial charge in [-0.1, -0.05) is 41.6 Å². The lowest BCUT2D eigenvalue weighted by atomic mass is 10.1. The molecule has 1 aromatic rings. The highest BCUT2D eigenvalue weighted by atomic mass is 79.9. The third-order valence-corrected chi connectivity index (χ3v) is 4.87. The molecule has 0 spiro atoms. The molecule has 0 bridgehead atoms. The lowest BCUT2D eigenvalue weighted by Crippen LogP contribution is -2.37. The fourth-order valence-corrected chi connectivity index (χ4v) is 3.85. The highest BCUT2D eigenvalue weighted by Gasteiger charge is 2.19. The molecule has 23 heavy (non-hydrogen) atoms. The van der Waals surface area contributed by atoms with Gasteiger partial charge in [0.05, 0.1) is 4.47 Å². The van der Waals surface area contributed by atoms with Crippen LogP contribution < -0.4 is 5.32 Å². The summed E-state index contributed by atoms with van der Waals surface area (Å²) in [5.41, 5.74) is 0.00789. The molecule has 2 rings (SSSR count). The van der Waals surface area contributed by atoms with Crippen LogP contribution in [0.1, 0.15) is 48.9 Å². The largest absolute Gasteiger partial charge is 0.506 e. The average molecular weight is 449 g/mol. The number of phenols is 1. The van der Waals surface area contributed by atoms with Gasteiger partial charge in [0.15, 0.2) is 6.61 Å². The molecule has 126 valence electrons. The van der Waals surface area contributed by atoms with Crippen LogP contribution in [0.25, 0.3) is 0 Å². The van der Waals surface area contributed by atoms with Gasteiger partial charge in [0.25, 0.3) is 5.91 Å². The number of halogens is 2. The van der Waals surface area contributed by atoms with Crippen LogP contribution in [0.5, 0.6) is 5.75 Å². The first-order valence-electron chi connectivity index (χ1n) is 7.62. The smallest absolute Gasteiger partial charge is 0.342 e. The van der Waals surface area contributed by atoms with Crippen molar-refractivity contribution in [2.24, 2.45) is 0 Å². The minimum atomic E-state index is -0.736. The third-order valence-electron chi connectivity index (χ3n) is 3.80. The molecule has 2 N–H and O–H groups in total. The summed E-state index contributed by atoms with van der Waals surface area (Å²) in [5.74, 6) is -1.25. The van der Waals surface area contributed by atoms with E-state index in [-0.39, 0.29) is 29.9 Å². The van der Waals surface area contributed by atoms with Crippen LogP contribution in [0.15, 0.2) is 21.1 Å². The van der Waals surface area contributed by atoms with Gasteiger partial charge < -0.3 is 15.2 Å². The minimum absolute atomic E-state index is 0.00789. The monoisotopic (exact) mass is 447 g/mol. The van der Waals surface area contributed by atoms with Gasteiger partial charge in [-0.2, -0.15) is 0 Å². The Morgan fingerprint density at radius 2 is 1.83 bits per heavy atom. The van der Waals surface area contributed by atoms with Crippen LogP contribution in [0, 0.1) is 0 Å². The fraction of sp³-hybridized carbons (Fsp3) is 0.500. The highest BCUT2D eigenvalue weighted by Crippen LogP contribution is 2.32. The molecule has 0 aromatic heterocycles. The van der Waals surface area contributed by atoms with Crippen molar-refractivity contribution in [2.45, 2.75) is 44.6 Å². The summed E-state index contributed by atoms with van der Waals surface area (Å²) in [7, 11) is 0. The number of carbonyl (C=O) groups excluding carboxylic acids is 2. The SMILES string of the molecule is O=C(COC(=O)c1cc(Br)cc(Br)c1O)NC1CCCCCC1. The molecule has 0 saturated heterocycles. The summed E-state index contributed by atoms with van der Waals surface area (Å²) < 4.78 is 6.00. The lowest BCUT2D eigenvalue weighted by Gasteiger charge is -2.16. The van der Waals surface area contributed by atoms with Crippen molar-refractivity contribution < 1.29 is 19.4 Å². The highest BCUT2D eigenvalue weighted by molar-refractivity contribution is 9.11. The van der Waals surface area contributed by atoms with E-state index in [0.717, 1.165) is 25.7 Å². The summed E-state index contributed by atoms with van der Waals surface area (Å²) in [6.45, 7) is -0.348. The van der Waals surface area contributed by atoms with E-state index in [2.05, 4.69) is 37.2 Å². The molecule has 0 radical (unpaired) electrons. The van der Waals surface area contributed by atoms with Crippen LogP contribution in [0.4, 0.5) is 0 Å². The number of ether oxygens (including phenoxy) is 1. The first-order chi connectivity index (χ1) is 11.0. The molecular weight excluding hydrogens is 430 g/mol. The van der Waals surface area contributed by atoms with Crippen molar-refractivity contribution >= 4 is 43.7 Å². The van der Waals surface area contributed by atoms with Gasteiger partial charge in [0, 0.05) is 10.5 Å². The number of phenolic OH excluding ortho intramolecular Hbond substituents is 1. The molecule has 1 aliphatic carbocycles. The van der Waals surface area contributed by atoms with Crippen molar-refractivity contribution in [3.8, 4) is 5.75 Å². The molecule has 7 heteroatoms. The van der Waals surface area contributed by atoms with E-state index in [9.17, 15) is 14.7 Å². The maximum absolute atomic E-state index is 12.0. The van der Waals surface area contributed by atoms with E-state index in [0.29, 0.717) is 8.95 Å². The molecule has 0 aliphatic heterocycles. The van der Waals surface area contributed by atoms with Gasteiger partial charge in [0.1, 0.15) is 11.3 Å². The zero-order chi connectivity index (χ0) is 16.8. The first-order valence-corrected chi connectivity index (χ1v) is 9.20. The van der Waals surface area contributed by atoms with Crippen molar-refractivity contribution in [1.82, 2.24) is 5.32 Å². The van der Waals surface area contributed by atoms with Crippen molar-refractivity contribution in [3.05, 3.63) is 26.6 Å². The summed E-state index contributed by atoms with van der Waals surface area (Å²) in [6.07, 6.45) is 6.59. The maximum Gasteiger partial charge on any atom is 0.342 e. The molecule has 0 heterocycles. The maximum atomic E-state index is 12.0. The number of hydrogen-bond donors (Lipinski definition) is 2. The van der Waals surface area contributed by atoms with Crippen LogP contribution in [-0.4, -0.2) is 29.6 Å². The summed E-state index contributed by atoms with van der Waals surface area (Å²) in [5, 5.41) is 12.8. The van der Waals surface area contributed by atoms with E-state index in [1.807, 2.05) is 0 Å². The molecule has 1 saturated carbocycles. The van der Waals surface area contributed by atoms with Crippen molar-refractivity contribution in [1.29, 1.82) is 0 Å². The Balaban J connectivity index is 1.87. The number of benzene rings is 1. The molecular formula is C16H19Br2NO4. The van der Waals surface area contributed by atoms with Crippen LogP contribution in [0.2, 0.25) is 0 Å². The summed E-state index contributed by atoms with van der Waals surface area (Å²) in [4.78, 5) is 23.9. The van der Waals surface area contributed by atoms with E-state index in [1.165, 1.54) is 18.9 Å². The second kappa shape index (κ2) is 8.68. The first kappa shape index (κ1) is 18.3. The fourth-order valence-electron chi connectivity index (χ4n) is 2.62. The second-order valence-electron chi connectivity index (χ2n) is 5.62. The molecule has 0 unspecified atom stereocenters. The average Bonchev–Trinajstić information content (AvgIpc) is 2.77. The molecule has 5 nitrogen and oxygen atoms in total. The number of hydrogen-bond acceptors (Lipinski definition) is 4. The number of amides is 1. The zero-order valence-corrected chi connectivity index (χ0v) is 15.8. The summed E-state index contributed by atoms with van der Waals surface area (Å²) in [6, 6.07) is 3.23. The third kappa shape index (κ3) is 5.49. The predicted molar refractivity (Wildman–Crippen MR) is 93.4 cm³/mol. The minimum Gasteiger partial charge on any atom is -0.506 e. The van der Waals surface area contributed by atoms with Crippen molar-refractivity contribution in [3.63, 3.8) is 0 Å². The zero-order valence-electron chi connectivity index (χ0n) is 12.6. The lowest BCUT2D eigenvalue weighted by molar-refractivity contribution is -0.125. The second-order valence-corrected chi connectivity index (χ2v) is 7.39. The van der Waals surface area contributed by atoms with E-state index < -0.39 is 5.97 Å². The number of rotatable bonds is 4. The Morgan fingerprint density at radius 3 is 2.48 bits per heavy atom. The Bertz CT molecular complexity index is 584. The van der Waals surface area contributed by atoms with Crippen LogP contribution in [-0.2, 0) is 9.53 Å². The van der Waals surface area contributed by atoms with Crippen LogP contribution >= 0.6 is 31.9 Å². The van der Waals surface area contributed by atoms with E-state index in [4.69, 9.17) is 4.74 Å². The quantitative estimate of drug-likeness (QED) is 0.540. The van der Waals surface area contributed by atoms with E-state index >= 15 is 0 Å². The van der Waals surface area contributed by atoms with Gasteiger partial charge in [-0.15, -0.1) is 0 Å². The Hall–Kier alpha value is -1.08. The molecule has 1 amide bonds. The number of aromatic hydroxyl groups is 1. The Kier molecular flexibility index (Phi) is 6.89. The Morgan fingerprint density at radius 1 is 1.17 bits per heavy atom. The Labute approximate surface area is 152 Å². The number of carbonyl (C=O) groups is 2. The molecule has 0 atom stereocenters. The van der Waals surface area contributed by atoms with E-state index in [1.54, 1.807) is 6.07 Å². The van der Waals surface area contributed by atoms with Gasteiger partial charge >= 0.3 is 5.97 Å². The van der Waals surface area contributed by atoms with Gasteiger partial charge in [0.2, 0.25) is 0 Å². The van der Waals surface area contributed by atoms with Gasteiger partial charge in [-0.25, -0.2) is 4.79 Å². The van der Waals surface area contributed by atoms with Gasteiger partial charge in [-0.3, -0.25) is 4.79 Å². The standard InChI is InChI=1S/C16H19Br2NO4/c17-10-7-12(15(21)13(18)8-10)16(22)23-9-14(20)19-11-5-3-1-2-4-6-11/h7-8,11,21H,1-6,9H2,(H,19,20). The predicted octanol–water partition coefficient (Wildman–Crippen LogP) is 3.91. The molecule has 1 fully saturated rings. The number of nitrogens with one attached hydrogen (secondary N) is 1. The normalized spacial score (nSPS) is 15.7. The number of esters is 1. The van der Waals surface area contributed by atoms with Crippen LogP contribution in [0.3, 0.4) is 0 Å². The molecule has 1 aromatic carbocycles. The van der Waals surface area contributed by atoms with Crippen molar-refractivity contribution in [2.75, 3.05) is 6.61 Å².